The van der Waals surface area contributed by atoms with E-state index in [0.717, 1.165) is 32.0 Å². The molecular formula is C19H27ClN2O. The molecule has 3 rings (SSSR count). The molecule has 0 saturated carbocycles. The normalized spacial score (nSPS) is 17.7. The van der Waals surface area contributed by atoms with E-state index in [1.54, 1.807) is 0 Å². The molecule has 0 amide bonds. The maximum atomic E-state index is 5.99. The Morgan fingerprint density at radius 1 is 1.13 bits per heavy atom. The Bertz CT molecular complexity index is 609. The van der Waals surface area contributed by atoms with Crippen molar-refractivity contribution in [1.82, 2.24) is 4.90 Å². The first-order valence-electron chi connectivity index (χ1n) is 8.32. The molecule has 1 saturated heterocycles. The van der Waals surface area contributed by atoms with Crippen molar-refractivity contribution in [2.45, 2.75) is 25.8 Å². The molecule has 126 valence electrons. The van der Waals surface area contributed by atoms with Gasteiger partial charge in [-0.2, -0.15) is 0 Å². The van der Waals surface area contributed by atoms with Crippen molar-refractivity contribution in [2.24, 2.45) is 11.7 Å². The third-order valence-electron chi connectivity index (χ3n) is 4.77. The van der Waals surface area contributed by atoms with Crippen molar-refractivity contribution in [2.75, 3.05) is 26.2 Å². The number of nitrogens with two attached hydrogens (primary N) is 1. The molecule has 1 aliphatic rings. The lowest BCUT2D eigenvalue weighted by molar-refractivity contribution is 0.147. The lowest BCUT2D eigenvalue weighted by Gasteiger charge is -2.33. The van der Waals surface area contributed by atoms with Crippen LogP contribution >= 0.6 is 12.4 Å². The molecule has 0 bridgehead atoms. The predicted octanol–water partition coefficient (Wildman–Crippen LogP) is 3.70. The molecule has 0 aromatic heterocycles. The summed E-state index contributed by atoms with van der Waals surface area (Å²) in [5.41, 5.74) is 5.99. The van der Waals surface area contributed by atoms with E-state index in [2.05, 4.69) is 54.3 Å². The van der Waals surface area contributed by atoms with E-state index in [9.17, 15) is 0 Å². The number of hydrogen-bond donors (Lipinski definition) is 1. The lowest BCUT2D eigenvalue weighted by atomic mass is 9.91. The zero-order valence-corrected chi connectivity index (χ0v) is 14.6. The van der Waals surface area contributed by atoms with Gasteiger partial charge in [0.1, 0.15) is 12.4 Å². The van der Waals surface area contributed by atoms with Crippen molar-refractivity contribution in [1.29, 1.82) is 0 Å². The van der Waals surface area contributed by atoms with Gasteiger partial charge in [0, 0.05) is 12.6 Å². The third kappa shape index (κ3) is 4.84. The van der Waals surface area contributed by atoms with E-state index >= 15 is 0 Å². The molecule has 1 fully saturated rings. The zero-order valence-electron chi connectivity index (χ0n) is 13.8. The minimum atomic E-state index is 0. The van der Waals surface area contributed by atoms with Crippen LogP contribution in [0.3, 0.4) is 0 Å². The Hall–Kier alpha value is -1.29. The predicted molar refractivity (Wildman–Crippen MR) is 99.5 cm³/mol. The van der Waals surface area contributed by atoms with Gasteiger partial charge in [0.2, 0.25) is 0 Å². The summed E-state index contributed by atoms with van der Waals surface area (Å²) in [4.78, 5) is 2.49. The quantitative estimate of drug-likeness (QED) is 0.906. The second kappa shape index (κ2) is 8.53. The molecule has 2 N–H and O–H groups in total. The lowest BCUT2D eigenvalue weighted by Crippen LogP contribution is -2.41. The number of rotatable bonds is 5. The van der Waals surface area contributed by atoms with Gasteiger partial charge in [-0.25, -0.2) is 0 Å². The van der Waals surface area contributed by atoms with Crippen LogP contribution in [0.25, 0.3) is 10.8 Å². The van der Waals surface area contributed by atoms with E-state index in [0.29, 0.717) is 12.0 Å². The molecular weight excluding hydrogens is 308 g/mol. The van der Waals surface area contributed by atoms with Crippen molar-refractivity contribution < 1.29 is 4.74 Å². The molecule has 3 nitrogen and oxygen atoms in total. The van der Waals surface area contributed by atoms with Gasteiger partial charge in [-0.05, 0) is 61.7 Å². The Balaban J connectivity index is 0.00000192. The number of halogens is 1. The summed E-state index contributed by atoms with van der Waals surface area (Å²) < 4.78 is 5.92. The first-order chi connectivity index (χ1) is 10.7. The fraction of sp³-hybridized carbons (Fsp3) is 0.474. The molecule has 0 spiro atoms. The average Bonchev–Trinajstić information content (AvgIpc) is 2.55. The zero-order chi connectivity index (χ0) is 15.4. The Morgan fingerprint density at radius 3 is 2.52 bits per heavy atom. The van der Waals surface area contributed by atoms with Crippen molar-refractivity contribution >= 4 is 23.2 Å². The number of nitrogens with zero attached hydrogens (tertiary/aromatic N) is 1. The fourth-order valence-corrected chi connectivity index (χ4v) is 3.25. The molecule has 2 aromatic rings. The molecule has 2 aromatic carbocycles. The minimum Gasteiger partial charge on any atom is -0.492 e. The third-order valence-corrected chi connectivity index (χ3v) is 4.77. The van der Waals surface area contributed by atoms with Crippen LogP contribution in [0.2, 0.25) is 0 Å². The highest BCUT2D eigenvalue weighted by atomic mass is 35.5. The van der Waals surface area contributed by atoms with Gasteiger partial charge < -0.3 is 10.5 Å². The largest absolute Gasteiger partial charge is 0.492 e. The van der Waals surface area contributed by atoms with Gasteiger partial charge in [0.15, 0.2) is 0 Å². The van der Waals surface area contributed by atoms with Gasteiger partial charge in [0.05, 0.1) is 0 Å². The highest BCUT2D eigenvalue weighted by molar-refractivity contribution is 5.85. The number of hydrogen-bond acceptors (Lipinski definition) is 3. The highest BCUT2D eigenvalue weighted by Crippen LogP contribution is 2.21. The highest BCUT2D eigenvalue weighted by Gasteiger charge is 2.21. The SMILES string of the molecule is CC(N)C1CCN(CCOc2ccc3ccccc3c2)CC1.Cl. The summed E-state index contributed by atoms with van der Waals surface area (Å²) in [5, 5.41) is 2.49. The first kappa shape index (κ1) is 18.1. The Kier molecular flexibility index (Phi) is 6.70. The molecule has 1 heterocycles. The van der Waals surface area contributed by atoms with Crippen molar-refractivity contribution in [3.05, 3.63) is 42.5 Å². The van der Waals surface area contributed by atoms with Crippen LogP contribution < -0.4 is 10.5 Å². The van der Waals surface area contributed by atoms with E-state index < -0.39 is 0 Å². The molecule has 1 aliphatic heterocycles. The van der Waals surface area contributed by atoms with Gasteiger partial charge in [0.25, 0.3) is 0 Å². The summed E-state index contributed by atoms with van der Waals surface area (Å²) in [7, 11) is 0. The maximum Gasteiger partial charge on any atom is 0.120 e. The van der Waals surface area contributed by atoms with Crippen LogP contribution in [0.5, 0.6) is 5.75 Å². The average molecular weight is 335 g/mol. The van der Waals surface area contributed by atoms with Crippen LogP contribution in [-0.4, -0.2) is 37.2 Å². The van der Waals surface area contributed by atoms with Crippen LogP contribution in [0, 0.1) is 5.92 Å². The second-order valence-electron chi connectivity index (χ2n) is 6.40. The molecule has 1 atom stereocenters. The van der Waals surface area contributed by atoms with Gasteiger partial charge >= 0.3 is 0 Å². The summed E-state index contributed by atoms with van der Waals surface area (Å²) in [6, 6.07) is 15.0. The van der Waals surface area contributed by atoms with Crippen molar-refractivity contribution in [3.63, 3.8) is 0 Å². The Morgan fingerprint density at radius 2 is 1.83 bits per heavy atom. The molecule has 23 heavy (non-hydrogen) atoms. The van der Waals surface area contributed by atoms with Gasteiger partial charge in [-0.15, -0.1) is 12.4 Å². The number of piperidine rings is 1. The number of likely N-dealkylation sites (tertiary alicyclic amines) is 1. The molecule has 0 radical (unpaired) electrons. The Labute approximate surface area is 145 Å². The van der Waals surface area contributed by atoms with Crippen molar-refractivity contribution in [3.8, 4) is 5.75 Å². The van der Waals surface area contributed by atoms with Crippen LogP contribution in [0.15, 0.2) is 42.5 Å². The monoisotopic (exact) mass is 334 g/mol. The molecule has 1 unspecified atom stereocenters. The number of fused-ring (bicyclic) bond motifs is 1. The summed E-state index contributed by atoms with van der Waals surface area (Å²) in [5.74, 6) is 1.65. The number of benzene rings is 2. The smallest absolute Gasteiger partial charge is 0.120 e. The molecule has 4 heteroatoms. The minimum absolute atomic E-state index is 0. The summed E-state index contributed by atoms with van der Waals surface area (Å²) >= 11 is 0. The van der Waals surface area contributed by atoms with E-state index in [4.69, 9.17) is 10.5 Å². The molecule has 0 aliphatic carbocycles. The van der Waals surface area contributed by atoms with E-state index in [-0.39, 0.29) is 12.4 Å². The van der Waals surface area contributed by atoms with Gasteiger partial charge in [-0.3, -0.25) is 4.90 Å². The van der Waals surface area contributed by atoms with Crippen LogP contribution in [0.4, 0.5) is 0 Å². The second-order valence-corrected chi connectivity index (χ2v) is 6.40. The first-order valence-corrected chi connectivity index (χ1v) is 8.32. The van der Waals surface area contributed by atoms with Gasteiger partial charge in [-0.1, -0.05) is 30.3 Å². The summed E-state index contributed by atoms with van der Waals surface area (Å²) in [6.07, 6.45) is 2.43. The van der Waals surface area contributed by atoms with Crippen LogP contribution in [-0.2, 0) is 0 Å². The standard InChI is InChI=1S/C19H26N2O.ClH/c1-15(20)16-8-10-21(11-9-16)12-13-22-19-7-6-17-4-2-3-5-18(17)14-19;/h2-7,14-16H,8-13,20H2,1H3;1H. The number of ether oxygens (including phenoxy) is 1. The topological polar surface area (TPSA) is 38.5 Å². The van der Waals surface area contributed by atoms with E-state index in [1.807, 2.05) is 0 Å². The summed E-state index contributed by atoms with van der Waals surface area (Å²) in [6.45, 7) is 6.17. The van der Waals surface area contributed by atoms with Crippen LogP contribution in [0.1, 0.15) is 19.8 Å². The van der Waals surface area contributed by atoms with E-state index in [1.165, 1.54) is 23.6 Å². The maximum absolute atomic E-state index is 5.99. The fourth-order valence-electron chi connectivity index (χ4n) is 3.25.